The Kier molecular flexibility index (Phi) is 6.14. The van der Waals surface area contributed by atoms with Gasteiger partial charge in [-0.3, -0.25) is 0 Å². The van der Waals surface area contributed by atoms with Crippen molar-refractivity contribution in [2.24, 2.45) is 0 Å². The zero-order chi connectivity index (χ0) is 16.9. The lowest BCUT2D eigenvalue weighted by Crippen LogP contribution is -2.50. The zero-order valence-corrected chi connectivity index (χ0v) is 13.8. The lowest BCUT2D eigenvalue weighted by Gasteiger charge is -2.38. The molecule has 1 fully saturated rings. The van der Waals surface area contributed by atoms with Gasteiger partial charge in [0, 0.05) is 20.2 Å². The summed E-state index contributed by atoms with van der Waals surface area (Å²) in [6.07, 6.45) is 0.515. The normalized spacial score (nSPS) is 22.1. The van der Waals surface area contributed by atoms with Crippen LogP contribution in [0.15, 0.2) is 41.8 Å². The van der Waals surface area contributed by atoms with Gasteiger partial charge in [0.25, 0.3) is 0 Å². The summed E-state index contributed by atoms with van der Waals surface area (Å²) < 4.78 is 38.1. The van der Waals surface area contributed by atoms with Gasteiger partial charge in [0.2, 0.25) is 10.0 Å². The monoisotopic (exact) mass is 342 g/mol. The standard InChI is InChI=1S/C15H22N2O5S/c1-3-8-16-23(19,20)14-7-5-4-6-13(14)17-9-12(11-18)22-15(10-17)21-2/h3-7,12,15-16,18H,1,8-11H2,2H3/t12-,15-/m0/s1. The molecule has 0 unspecified atom stereocenters. The van der Waals surface area contributed by atoms with Crippen LogP contribution in [0.3, 0.4) is 0 Å². The van der Waals surface area contributed by atoms with Crippen molar-refractivity contribution in [2.45, 2.75) is 17.3 Å². The number of sulfonamides is 1. The number of hydrogen-bond donors (Lipinski definition) is 2. The summed E-state index contributed by atoms with van der Waals surface area (Å²) in [7, 11) is -2.15. The number of hydrogen-bond acceptors (Lipinski definition) is 6. The third-order valence-electron chi connectivity index (χ3n) is 3.52. The first kappa shape index (κ1) is 17.9. The van der Waals surface area contributed by atoms with E-state index in [9.17, 15) is 13.5 Å². The van der Waals surface area contributed by atoms with Gasteiger partial charge in [0.1, 0.15) is 11.0 Å². The summed E-state index contributed by atoms with van der Waals surface area (Å²) in [5, 5.41) is 9.37. The van der Waals surface area contributed by atoms with Crippen LogP contribution in [0.5, 0.6) is 0 Å². The highest BCUT2D eigenvalue weighted by Crippen LogP contribution is 2.28. The molecule has 0 saturated carbocycles. The molecule has 0 aromatic heterocycles. The van der Waals surface area contributed by atoms with Gasteiger partial charge in [-0.2, -0.15) is 0 Å². The van der Waals surface area contributed by atoms with Crippen LogP contribution in [0.4, 0.5) is 5.69 Å². The molecule has 0 bridgehead atoms. The van der Waals surface area contributed by atoms with Gasteiger partial charge in [-0.05, 0) is 12.1 Å². The molecular formula is C15H22N2O5S. The molecule has 1 aliphatic heterocycles. The summed E-state index contributed by atoms with van der Waals surface area (Å²) >= 11 is 0. The van der Waals surface area contributed by atoms with Gasteiger partial charge in [0.05, 0.1) is 18.8 Å². The quantitative estimate of drug-likeness (QED) is 0.694. The van der Waals surface area contributed by atoms with Crippen molar-refractivity contribution in [3.05, 3.63) is 36.9 Å². The van der Waals surface area contributed by atoms with Crippen molar-refractivity contribution in [1.29, 1.82) is 0 Å². The number of rotatable bonds is 7. The fourth-order valence-corrected chi connectivity index (χ4v) is 3.64. The number of benzene rings is 1. The highest BCUT2D eigenvalue weighted by atomic mass is 32.2. The van der Waals surface area contributed by atoms with Gasteiger partial charge in [-0.1, -0.05) is 18.2 Å². The summed E-state index contributed by atoms with van der Waals surface area (Å²) in [6, 6.07) is 6.72. The minimum Gasteiger partial charge on any atom is -0.394 e. The Hall–Kier alpha value is -1.45. The molecule has 1 saturated heterocycles. The zero-order valence-electron chi connectivity index (χ0n) is 13.0. The van der Waals surface area contributed by atoms with Gasteiger partial charge in [-0.15, -0.1) is 6.58 Å². The molecule has 1 aromatic rings. The molecule has 128 valence electrons. The summed E-state index contributed by atoms with van der Waals surface area (Å²) in [5.74, 6) is 0. The lowest BCUT2D eigenvalue weighted by molar-refractivity contribution is -0.170. The summed E-state index contributed by atoms with van der Waals surface area (Å²) in [4.78, 5) is 2.02. The predicted molar refractivity (Wildman–Crippen MR) is 86.8 cm³/mol. The highest BCUT2D eigenvalue weighted by molar-refractivity contribution is 7.89. The molecule has 1 aromatic carbocycles. The van der Waals surface area contributed by atoms with Gasteiger partial charge >= 0.3 is 0 Å². The largest absolute Gasteiger partial charge is 0.394 e. The number of methoxy groups -OCH3 is 1. The average molecular weight is 342 g/mol. The number of nitrogens with zero attached hydrogens (tertiary/aromatic N) is 1. The van der Waals surface area contributed by atoms with Gasteiger partial charge in [-0.25, -0.2) is 13.1 Å². The fourth-order valence-electron chi connectivity index (χ4n) is 2.42. The maximum atomic E-state index is 12.5. The molecule has 0 amide bonds. The molecule has 0 spiro atoms. The number of aliphatic hydroxyl groups is 1. The van der Waals surface area contributed by atoms with Gasteiger partial charge in [0.15, 0.2) is 6.29 Å². The van der Waals surface area contributed by atoms with Crippen LogP contribution in [0, 0.1) is 0 Å². The van der Waals surface area contributed by atoms with Crippen LogP contribution in [0.1, 0.15) is 0 Å². The molecule has 2 N–H and O–H groups in total. The Morgan fingerprint density at radius 3 is 2.87 bits per heavy atom. The fraction of sp³-hybridized carbons (Fsp3) is 0.467. The van der Waals surface area contributed by atoms with Crippen LogP contribution >= 0.6 is 0 Å². The number of morpholine rings is 1. The number of ether oxygens (including phenoxy) is 2. The van der Waals surface area contributed by atoms with E-state index < -0.39 is 22.4 Å². The van der Waals surface area contributed by atoms with E-state index in [4.69, 9.17) is 9.47 Å². The number of anilines is 1. The molecule has 1 heterocycles. The molecule has 0 radical (unpaired) electrons. The second-order valence-corrected chi connectivity index (χ2v) is 6.85. The first-order valence-corrected chi connectivity index (χ1v) is 8.73. The number of aliphatic hydroxyl groups excluding tert-OH is 1. The predicted octanol–water partition coefficient (Wildman–Crippen LogP) is 0.321. The summed E-state index contributed by atoms with van der Waals surface area (Å²) in [5.41, 5.74) is 0.549. The lowest BCUT2D eigenvalue weighted by atomic mass is 10.2. The van der Waals surface area contributed by atoms with Crippen LogP contribution in [-0.2, 0) is 19.5 Å². The number of para-hydroxylation sites is 1. The maximum absolute atomic E-state index is 12.5. The van der Waals surface area contributed by atoms with E-state index in [1.54, 1.807) is 24.3 Å². The van der Waals surface area contributed by atoms with Crippen molar-refractivity contribution < 1.29 is 23.0 Å². The van der Waals surface area contributed by atoms with Crippen LogP contribution in [-0.4, -0.2) is 59.3 Å². The third-order valence-corrected chi connectivity index (χ3v) is 4.99. The van der Waals surface area contributed by atoms with E-state index >= 15 is 0 Å². The van der Waals surface area contributed by atoms with Crippen molar-refractivity contribution in [1.82, 2.24) is 4.72 Å². The Labute approximate surface area is 136 Å². The first-order chi connectivity index (χ1) is 11.0. The van der Waals surface area contributed by atoms with Crippen molar-refractivity contribution >= 4 is 15.7 Å². The van der Waals surface area contributed by atoms with E-state index in [2.05, 4.69) is 11.3 Å². The van der Waals surface area contributed by atoms with E-state index in [1.165, 1.54) is 13.2 Å². The second kappa shape index (κ2) is 7.89. The van der Waals surface area contributed by atoms with E-state index in [1.807, 2.05) is 4.90 Å². The molecular weight excluding hydrogens is 320 g/mol. The highest BCUT2D eigenvalue weighted by Gasteiger charge is 2.30. The maximum Gasteiger partial charge on any atom is 0.242 e. The topological polar surface area (TPSA) is 88.1 Å². The summed E-state index contributed by atoms with van der Waals surface area (Å²) in [6.45, 7) is 4.25. The minimum atomic E-state index is -3.66. The Bertz CT molecular complexity index is 623. The average Bonchev–Trinajstić information content (AvgIpc) is 2.59. The second-order valence-electron chi connectivity index (χ2n) is 5.12. The van der Waals surface area contributed by atoms with Crippen molar-refractivity contribution in [3.63, 3.8) is 0 Å². The first-order valence-electron chi connectivity index (χ1n) is 7.25. The van der Waals surface area contributed by atoms with E-state index in [0.29, 0.717) is 18.8 Å². The molecule has 2 rings (SSSR count). The Morgan fingerprint density at radius 1 is 1.48 bits per heavy atom. The molecule has 2 atom stereocenters. The molecule has 1 aliphatic rings. The van der Waals surface area contributed by atoms with Crippen molar-refractivity contribution in [2.75, 3.05) is 38.3 Å². The smallest absolute Gasteiger partial charge is 0.242 e. The SMILES string of the molecule is C=CCNS(=O)(=O)c1ccccc1N1C[C@@H](CO)O[C@H](OC)C1. The number of nitrogens with one attached hydrogen (secondary N) is 1. The van der Waals surface area contributed by atoms with Gasteiger partial charge < -0.3 is 19.5 Å². The minimum absolute atomic E-state index is 0.153. The van der Waals surface area contributed by atoms with Crippen LogP contribution in [0.25, 0.3) is 0 Å². The third kappa shape index (κ3) is 4.30. The van der Waals surface area contributed by atoms with Crippen molar-refractivity contribution in [3.8, 4) is 0 Å². The van der Waals surface area contributed by atoms with E-state index in [0.717, 1.165) is 0 Å². The molecule has 23 heavy (non-hydrogen) atoms. The Balaban J connectivity index is 2.34. The molecule has 7 nitrogen and oxygen atoms in total. The van der Waals surface area contributed by atoms with E-state index in [-0.39, 0.29) is 18.0 Å². The van der Waals surface area contributed by atoms with Crippen LogP contribution in [0.2, 0.25) is 0 Å². The van der Waals surface area contributed by atoms with Crippen LogP contribution < -0.4 is 9.62 Å². The molecule has 8 heteroatoms. The Morgan fingerprint density at radius 2 is 2.22 bits per heavy atom. The molecule has 0 aliphatic carbocycles.